The van der Waals surface area contributed by atoms with E-state index in [4.69, 9.17) is 4.42 Å². The highest BCUT2D eigenvalue weighted by atomic mass is 19.4. The van der Waals surface area contributed by atoms with E-state index in [0.717, 1.165) is 29.0 Å². The molecule has 2 heterocycles. The Hall–Kier alpha value is -3.55. The highest BCUT2D eigenvalue weighted by Crippen LogP contribution is 2.32. The zero-order chi connectivity index (χ0) is 24.5. The third-order valence-corrected chi connectivity index (χ3v) is 5.64. The highest BCUT2D eigenvalue weighted by molar-refractivity contribution is 5.94. The number of halogens is 3. The number of amides is 2. The number of alkyl halides is 3. The second kappa shape index (κ2) is 9.37. The standard InChI is InChI=1S/C26H25F3N2O3/c1-16(2)12-24(32)30-21-8-6-17(7-9-21)23-14-19-15-31(11-10-22(19)34-23)25(33)18-4-3-5-20(13-18)26(27,28)29/h3-9,13-14,16H,10-12,15H2,1-2H3,(H,30,32). The maximum absolute atomic E-state index is 13.0. The molecule has 8 heteroatoms. The van der Waals surface area contributed by atoms with Gasteiger partial charge in [0.25, 0.3) is 5.91 Å². The molecule has 3 aromatic rings. The van der Waals surface area contributed by atoms with Crippen LogP contribution in [0.15, 0.2) is 59.0 Å². The SMILES string of the molecule is CC(C)CC(=O)Nc1ccc(-c2cc3c(o2)CCN(C(=O)c2cccc(C(F)(F)F)c2)C3)cc1. The fraction of sp³-hybridized carbons (Fsp3) is 0.308. The van der Waals surface area contributed by atoms with Crippen molar-refractivity contribution in [2.45, 2.75) is 39.4 Å². The van der Waals surface area contributed by atoms with Crippen molar-refractivity contribution in [3.05, 3.63) is 77.0 Å². The number of furan rings is 1. The second-order valence-corrected chi connectivity index (χ2v) is 8.84. The maximum Gasteiger partial charge on any atom is 0.416 e. The largest absolute Gasteiger partial charge is 0.461 e. The summed E-state index contributed by atoms with van der Waals surface area (Å²) < 4.78 is 45.0. The normalized spacial score (nSPS) is 13.6. The molecule has 34 heavy (non-hydrogen) atoms. The summed E-state index contributed by atoms with van der Waals surface area (Å²) in [5.41, 5.74) is 1.52. The summed E-state index contributed by atoms with van der Waals surface area (Å²) in [6, 6.07) is 13.6. The summed E-state index contributed by atoms with van der Waals surface area (Å²) in [5, 5.41) is 2.86. The van der Waals surface area contributed by atoms with Crippen LogP contribution in [0.5, 0.6) is 0 Å². The molecule has 2 aromatic carbocycles. The van der Waals surface area contributed by atoms with Crippen molar-refractivity contribution in [1.29, 1.82) is 0 Å². The van der Waals surface area contributed by atoms with Gasteiger partial charge in [0.2, 0.25) is 5.91 Å². The Morgan fingerprint density at radius 1 is 1.09 bits per heavy atom. The van der Waals surface area contributed by atoms with Crippen LogP contribution in [0.4, 0.5) is 18.9 Å². The molecule has 1 aliphatic heterocycles. The van der Waals surface area contributed by atoms with Crippen molar-refractivity contribution < 1.29 is 27.2 Å². The number of carbonyl (C=O) groups excluding carboxylic acids is 2. The summed E-state index contributed by atoms with van der Waals surface area (Å²) in [6.07, 6.45) is -3.58. The number of hydrogen-bond donors (Lipinski definition) is 1. The molecule has 5 nitrogen and oxygen atoms in total. The van der Waals surface area contributed by atoms with E-state index in [0.29, 0.717) is 30.8 Å². The summed E-state index contributed by atoms with van der Waals surface area (Å²) in [4.78, 5) is 26.3. The van der Waals surface area contributed by atoms with E-state index in [1.54, 1.807) is 12.1 Å². The Morgan fingerprint density at radius 3 is 2.50 bits per heavy atom. The van der Waals surface area contributed by atoms with Crippen molar-refractivity contribution in [3.8, 4) is 11.3 Å². The quantitative estimate of drug-likeness (QED) is 0.487. The third kappa shape index (κ3) is 5.32. The lowest BCUT2D eigenvalue weighted by Gasteiger charge is -2.26. The molecule has 2 amide bonds. The van der Waals surface area contributed by atoms with Gasteiger partial charge in [0.1, 0.15) is 11.5 Å². The van der Waals surface area contributed by atoms with Gasteiger partial charge in [-0.1, -0.05) is 19.9 Å². The zero-order valence-electron chi connectivity index (χ0n) is 18.9. The molecule has 1 aromatic heterocycles. The molecule has 0 saturated carbocycles. The third-order valence-electron chi connectivity index (χ3n) is 5.64. The van der Waals surface area contributed by atoms with Crippen LogP contribution in [-0.4, -0.2) is 23.3 Å². The fourth-order valence-electron chi connectivity index (χ4n) is 3.96. The van der Waals surface area contributed by atoms with Gasteiger partial charge in [-0.2, -0.15) is 13.2 Å². The molecule has 1 N–H and O–H groups in total. The number of carbonyl (C=O) groups is 2. The summed E-state index contributed by atoms with van der Waals surface area (Å²) in [5.74, 6) is 1.19. The molecule has 0 bridgehead atoms. The van der Waals surface area contributed by atoms with E-state index in [-0.39, 0.29) is 23.9 Å². The smallest absolute Gasteiger partial charge is 0.416 e. The summed E-state index contributed by atoms with van der Waals surface area (Å²) >= 11 is 0. The van der Waals surface area contributed by atoms with E-state index in [2.05, 4.69) is 5.32 Å². The van der Waals surface area contributed by atoms with E-state index < -0.39 is 17.6 Å². The van der Waals surface area contributed by atoms with Gasteiger partial charge in [0.05, 0.1) is 5.56 Å². The Bertz CT molecular complexity index is 1200. The van der Waals surface area contributed by atoms with E-state index >= 15 is 0 Å². The minimum Gasteiger partial charge on any atom is -0.461 e. The number of benzene rings is 2. The Labute approximate surface area is 195 Å². The predicted molar refractivity (Wildman–Crippen MR) is 122 cm³/mol. The molecule has 0 radical (unpaired) electrons. The van der Waals surface area contributed by atoms with Crippen molar-refractivity contribution in [1.82, 2.24) is 4.90 Å². The van der Waals surface area contributed by atoms with E-state index in [1.165, 1.54) is 17.0 Å². The van der Waals surface area contributed by atoms with Gasteiger partial charge in [-0.05, 0) is 54.4 Å². The molecular formula is C26H25F3N2O3. The lowest BCUT2D eigenvalue weighted by Crippen LogP contribution is -2.35. The summed E-state index contributed by atoms with van der Waals surface area (Å²) in [7, 11) is 0. The Balaban J connectivity index is 1.46. The number of hydrogen-bond acceptors (Lipinski definition) is 3. The first-order valence-electron chi connectivity index (χ1n) is 11.1. The van der Waals surface area contributed by atoms with Crippen LogP contribution < -0.4 is 5.32 Å². The summed E-state index contributed by atoms with van der Waals surface area (Å²) in [6.45, 7) is 4.58. The van der Waals surface area contributed by atoms with Crippen molar-refractivity contribution >= 4 is 17.5 Å². The molecule has 0 atom stereocenters. The average Bonchev–Trinajstić information content (AvgIpc) is 3.21. The Kier molecular flexibility index (Phi) is 6.50. The maximum atomic E-state index is 13.0. The lowest BCUT2D eigenvalue weighted by atomic mass is 10.0. The van der Waals surface area contributed by atoms with Crippen LogP contribution >= 0.6 is 0 Å². The number of nitrogens with one attached hydrogen (secondary N) is 1. The van der Waals surface area contributed by atoms with Gasteiger partial charge >= 0.3 is 6.18 Å². The van der Waals surface area contributed by atoms with Gasteiger partial charge in [-0.25, -0.2) is 0 Å². The number of anilines is 1. The minimum atomic E-state index is -4.50. The molecule has 4 rings (SSSR count). The lowest BCUT2D eigenvalue weighted by molar-refractivity contribution is -0.137. The van der Waals surface area contributed by atoms with Gasteiger partial charge < -0.3 is 14.6 Å². The number of rotatable bonds is 5. The van der Waals surface area contributed by atoms with Crippen LogP contribution in [-0.2, 0) is 23.9 Å². The van der Waals surface area contributed by atoms with Gasteiger partial charge in [-0.3, -0.25) is 9.59 Å². The number of nitrogens with zero attached hydrogens (tertiary/aromatic N) is 1. The molecule has 0 spiro atoms. The molecule has 178 valence electrons. The zero-order valence-corrected chi connectivity index (χ0v) is 18.9. The van der Waals surface area contributed by atoms with Crippen molar-refractivity contribution in [3.63, 3.8) is 0 Å². The first-order valence-corrected chi connectivity index (χ1v) is 11.1. The van der Waals surface area contributed by atoms with Gasteiger partial charge in [0.15, 0.2) is 0 Å². The van der Waals surface area contributed by atoms with Crippen LogP contribution in [0, 0.1) is 5.92 Å². The van der Waals surface area contributed by atoms with E-state index in [9.17, 15) is 22.8 Å². The number of fused-ring (bicyclic) bond motifs is 1. The minimum absolute atomic E-state index is 0.0112. The molecule has 0 fully saturated rings. The molecule has 0 saturated heterocycles. The van der Waals surface area contributed by atoms with Crippen molar-refractivity contribution in [2.24, 2.45) is 5.92 Å². The van der Waals surface area contributed by atoms with Crippen LogP contribution in [0.2, 0.25) is 0 Å². The monoisotopic (exact) mass is 470 g/mol. The average molecular weight is 470 g/mol. The topological polar surface area (TPSA) is 62.6 Å². The van der Waals surface area contributed by atoms with Crippen LogP contribution in [0.25, 0.3) is 11.3 Å². The first kappa shape index (κ1) is 23.6. The predicted octanol–water partition coefficient (Wildman–Crippen LogP) is 6.15. The van der Waals surface area contributed by atoms with Crippen LogP contribution in [0.1, 0.15) is 47.5 Å². The second-order valence-electron chi connectivity index (χ2n) is 8.84. The molecule has 0 aliphatic carbocycles. The van der Waals surface area contributed by atoms with Gasteiger partial charge in [0, 0.05) is 48.3 Å². The van der Waals surface area contributed by atoms with Crippen LogP contribution in [0.3, 0.4) is 0 Å². The van der Waals surface area contributed by atoms with Gasteiger partial charge in [-0.15, -0.1) is 0 Å². The van der Waals surface area contributed by atoms with E-state index in [1.807, 2.05) is 32.0 Å². The fourth-order valence-corrected chi connectivity index (χ4v) is 3.96. The first-order chi connectivity index (χ1) is 16.1. The van der Waals surface area contributed by atoms with Crippen molar-refractivity contribution in [2.75, 3.05) is 11.9 Å². The molecule has 1 aliphatic rings. The molecular weight excluding hydrogens is 445 g/mol. The highest BCUT2D eigenvalue weighted by Gasteiger charge is 2.32. The Morgan fingerprint density at radius 2 is 1.82 bits per heavy atom. The molecule has 0 unspecified atom stereocenters.